The summed E-state index contributed by atoms with van der Waals surface area (Å²) in [7, 11) is 0. The summed E-state index contributed by atoms with van der Waals surface area (Å²) in [6.07, 6.45) is 1.56. The van der Waals surface area contributed by atoms with Gasteiger partial charge in [0, 0.05) is 11.9 Å². The maximum atomic E-state index is 12.3. The smallest absolute Gasteiger partial charge is 0.265 e. The van der Waals surface area contributed by atoms with Crippen LogP contribution in [0.5, 0.6) is 0 Å². The van der Waals surface area contributed by atoms with Crippen molar-refractivity contribution in [2.45, 2.75) is 13.5 Å². The molecule has 0 atom stereocenters. The highest BCUT2D eigenvalue weighted by atomic mass is 16.2. The summed E-state index contributed by atoms with van der Waals surface area (Å²) in [4.78, 5) is 23.7. The molecule has 1 aromatic heterocycles. The second-order valence-corrected chi connectivity index (χ2v) is 4.19. The Morgan fingerprint density at radius 1 is 1.44 bits per heavy atom. The van der Waals surface area contributed by atoms with Gasteiger partial charge in [0.25, 0.3) is 11.5 Å². The number of amides is 1. The third kappa shape index (κ3) is 1.93. The van der Waals surface area contributed by atoms with Crippen molar-refractivity contribution in [2.24, 2.45) is 5.73 Å². The van der Waals surface area contributed by atoms with Gasteiger partial charge in [-0.3, -0.25) is 14.2 Å². The first-order valence-electron chi connectivity index (χ1n) is 5.59. The number of hydrogen-bond acceptors (Lipinski definition) is 2. The number of rotatable bonds is 3. The van der Waals surface area contributed by atoms with Gasteiger partial charge in [-0.05, 0) is 24.4 Å². The van der Waals surface area contributed by atoms with Crippen molar-refractivity contribution in [1.29, 1.82) is 0 Å². The Kier molecular flexibility index (Phi) is 3.02. The molecule has 0 radical (unpaired) electrons. The van der Waals surface area contributed by atoms with Gasteiger partial charge in [0.2, 0.25) is 0 Å². The Bertz CT molecular complexity index is 699. The number of aromatic nitrogens is 1. The van der Waals surface area contributed by atoms with Gasteiger partial charge in [-0.25, -0.2) is 0 Å². The summed E-state index contributed by atoms with van der Waals surface area (Å²) in [5.41, 5.74) is 6.29. The fourth-order valence-electron chi connectivity index (χ4n) is 1.98. The van der Waals surface area contributed by atoms with E-state index < -0.39 is 5.91 Å². The quantitative estimate of drug-likeness (QED) is 0.831. The van der Waals surface area contributed by atoms with Crippen LogP contribution in [0.15, 0.2) is 41.7 Å². The lowest BCUT2D eigenvalue weighted by Gasteiger charge is -2.10. The van der Waals surface area contributed by atoms with Crippen molar-refractivity contribution in [3.63, 3.8) is 0 Å². The summed E-state index contributed by atoms with van der Waals surface area (Å²) in [5, 5.41) is 1.31. The predicted molar refractivity (Wildman–Crippen MR) is 71.7 cm³/mol. The molecule has 0 unspecified atom stereocenters. The van der Waals surface area contributed by atoms with E-state index in [0.717, 1.165) is 10.9 Å². The Hall–Kier alpha value is -2.36. The fourth-order valence-corrected chi connectivity index (χ4v) is 1.98. The van der Waals surface area contributed by atoms with Crippen LogP contribution in [0.4, 0.5) is 0 Å². The van der Waals surface area contributed by atoms with Crippen LogP contribution in [0.2, 0.25) is 0 Å². The van der Waals surface area contributed by atoms with E-state index in [1.165, 1.54) is 4.57 Å². The van der Waals surface area contributed by atoms with Gasteiger partial charge >= 0.3 is 0 Å². The monoisotopic (exact) mass is 242 g/mol. The van der Waals surface area contributed by atoms with Crippen LogP contribution in [0.25, 0.3) is 10.8 Å². The molecule has 1 amide bonds. The molecule has 0 aliphatic carbocycles. The number of allylic oxidation sites excluding steroid dienone is 1. The molecule has 0 saturated heterocycles. The molecule has 1 heterocycles. The van der Waals surface area contributed by atoms with Gasteiger partial charge in [0.1, 0.15) is 5.69 Å². The molecule has 92 valence electrons. The third-order valence-electron chi connectivity index (χ3n) is 2.83. The molecule has 4 nitrogen and oxygen atoms in total. The molecule has 2 aromatic rings. The third-order valence-corrected chi connectivity index (χ3v) is 2.83. The van der Waals surface area contributed by atoms with E-state index in [9.17, 15) is 9.59 Å². The molecular weight excluding hydrogens is 228 g/mol. The molecule has 1 aromatic carbocycles. The second kappa shape index (κ2) is 4.49. The molecule has 0 spiro atoms. The zero-order valence-corrected chi connectivity index (χ0v) is 10.1. The SMILES string of the molecule is C=CCn1c(C(N)=O)cc2ccc(C)cc2c1=O. The Morgan fingerprint density at radius 3 is 2.78 bits per heavy atom. The summed E-state index contributed by atoms with van der Waals surface area (Å²) in [5.74, 6) is -0.614. The molecular formula is C14H14N2O2. The average Bonchev–Trinajstić information content (AvgIpc) is 2.33. The molecule has 18 heavy (non-hydrogen) atoms. The van der Waals surface area contributed by atoms with Gasteiger partial charge < -0.3 is 5.73 Å². The van der Waals surface area contributed by atoms with Crippen molar-refractivity contribution >= 4 is 16.7 Å². The summed E-state index contributed by atoms with van der Waals surface area (Å²) in [6.45, 7) is 5.76. The minimum absolute atomic E-state index is 0.205. The van der Waals surface area contributed by atoms with Crippen LogP contribution in [0.1, 0.15) is 16.1 Å². The highest BCUT2D eigenvalue weighted by Crippen LogP contribution is 2.14. The molecule has 0 fully saturated rings. The van der Waals surface area contributed by atoms with E-state index in [4.69, 9.17) is 5.73 Å². The lowest BCUT2D eigenvalue weighted by atomic mass is 10.1. The zero-order valence-electron chi connectivity index (χ0n) is 10.1. The van der Waals surface area contributed by atoms with Crippen molar-refractivity contribution < 1.29 is 4.79 Å². The number of carbonyl (C=O) groups is 1. The number of benzene rings is 1. The molecule has 0 aliphatic rings. The lowest BCUT2D eigenvalue weighted by Crippen LogP contribution is -2.28. The van der Waals surface area contributed by atoms with Crippen LogP contribution in [0.3, 0.4) is 0 Å². The Labute approximate surface area is 104 Å². The molecule has 2 rings (SSSR count). The predicted octanol–water partition coefficient (Wildman–Crippen LogP) is 1.59. The Morgan fingerprint density at radius 2 is 2.17 bits per heavy atom. The number of nitrogens with two attached hydrogens (primary N) is 1. The van der Waals surface area contributed by atoms with Crippen molar-refractivity contribution in [3.05, 3.63) is 58.5 Å². The number of primary amides is 1. The maximum absolute atomic E-state index is 12.3. The number of aryl methyl sites for hydroxylation is 1. The Balaban J connectivity index is 2.89. The topological polar surface area (TPSA) is 65.1 Å². The van der Waals surface area contributed by atoms with Crippen LogP contribution in [0, 0.1) is 6.92 Å². The van der Waals surface area contributed by atoms with Crippen LogP contribution in [-0.2, 0) is 6.54 Å². The summed E-state index contributed by atoms with van der Waals surface area (Å²) >= 11 is 0. The molecule has 2 N–H and O–H groups in total. The molecule has 0 aliphatic heterocycles. The van der Waals surface area contributed by atoms with E-state index in [1.54, 1.807) is 12.1 Å². The molecule has 0 saturated carbocycles. The van der Waals surface area contributed by atoms with Crippen molar-refractivity contribution in [1.82, 2.24) is 4.57 Å². The average molecular weight is 242 g/mol. The highest BCUT2D eigenvalue weighted by molar-refractivity contribution is 5.95. The number of carbonyl (C=O) groups excluding carboxylic acids is 1. The van der Waals surface area contributed by atoms with E-state index in [-0.39, 0.29) is 17.8 Å². The minimum Gasteiger partial charge on any atom is -0.364 e. The first-order chi connectivity index (χ1) is 8.54. The first-order valence-corrected chi connectivity index (χ1v) is 5.59. The van der Waals surface area contributed by atoms with E-state index in [0.29, 0.717) is 5.39 Å². The number of fused-ring (bicyclic) bond motifs is 1. The first kappa shape index (κ1) is 12.1. The minimum atomic E-state index is -0.614. The van der Waals surface area contributed by atoms with Gasteiger partial charge in [-0.2, -0.15) is 0 Å². The fraction of sp³-hybridized carbons (Fsp3) is 0.143. The highest BCUT2D eigenvalue weighted by Gasteiger charge is 2.12. The van der Waals surface area contributed by atoms with Crippen LogP contribution in [-0.4, -0.2) is 10.5 Å². The van der Waals surface area contributed by atoms with Gasteiger partial charge in [0.05, 0.1) is 0 Å². The standard InChI is InChI=1S/C14H14N2O2/c1-3-6-16-12(13(15)17)8-10-5-4-9(2)7-11(10)14(16)18/h3-5,7-8H,1,6H2,2H3,(H2,15,17). The van der Waals surface area contributed by atoms with E-state index >= 15 is 0 Å². The van der Waals surface area contributed by atoms with Gasteiger partial charge in [-0.1, -0.05) is 23.8 Å². The van der Waals surface area contributed by atoms with Crippen molar-refractivity contribution in [2.75, 3.05) is 0 Å². The number of hydrogen-bond donors (Lipinski definition) is 1. The normalized spacial score (nSPS) is 10.5. The number of pyridine rings is 1. The number of nitrogens with zero attached hydrogens (tertiary/aromatic N) is 1. The summed E-state index contributed by atoms with van der Waals surface area (Å²) in [6, 6.07) is 7.16. The maximum Gasteiger partial charge on any atom is 0.265 e. The lowest BCUT2D eigenvalue weighted by molar-refractivity contribution is 0.0991. The molecule has 0 bridgehead atoms. The molecule has 4 heteroatoms. The van der Waals surface area contributed by atoms with Gasteiger partial charge in [0.15, 0.2) is 0 Å². The van der Waals surface area contributed by atoms with Crippen molar-refractivity contribution in [3.8, 4) is 0 Å². The zero-order chi connectivity index (χ0) is 13.3. The van der Waals surface area contributed by atoms with E-state index in [1.807, 2.05) is 25.1 Å². The summed E-state index contributed by atoms with van der Waals surface area (Å²) < 4.78 is 1.34. The van der Waals surface area contributed by atoms with Gasteiger partial charge in [-0.15, -0.1) is 6.58 Å². The van der Waals surface area contributed by atoms with Crippen LogP contribution >= 0.6 is 0 Å². The van der Waals surface area contributed by atoms with E-state index in [2.05, 4.69) is 6.58 Å². The second-order valence-electron chi connectivity index (χ2n) is 4.19. The largest absolute Gasteiger partial charge is 0.364 e. The van der Waals surface area contributed by atoms with Crippen LogP contribution < -0.4 is 11.3 Å².